The van der Waals surface area contributed by atoms with Gasteiger partial charge < -0.3 is 14.9 Å². The van der Waals surface area contributed by atoms with Crippen LogP contribution >= 0.6 is 0 Å². The van der Waals surface area contributed by atoms with Gasteiger partial charge in [0, 0.05) is 0 Å². The number of para-hydroxylation sites is 1. The maximum atomic E-state index is 12.5. The first kappa shape index (κ1) is 18.7. The fourth-order valence-electron chi connectivity index (χ4n) is 2.24. The second kappa shape index (κ2) is 9.00. The topological polar surface area (TPSA) is 95.3 Å². The van der Waals surface area contributed by atoms with Gasteiger partial charge in [0.2, 0.25) is 0 Å². The van der Waals surface area contributed by atoms with E-state index in [1.807, 2.05) is 26.8 Å². The summed E-state index contributed by atoms with van der Waals surface area (Å²) in [4.78, 5) is 30.7. The van der Waals surface area contributed by atoms with E-state index in [9.17, 15) is 9.59 Å². The van der Waals surface area contributed by atoms with Crippen molar-refractivity contribution in [3.8, 4) is 0 Å². The van der Waals surface area contributed by atoms with Crippen molar-refractivity contribution in [2.24, 2.45) is 5.92 Å². The Morgan fingerprint density at radius 3 is 2.76 bits per heavy atom. The van der Waals surface area contributed by atoms with Gasteiger partial charge in [-0.15, -0.1) is 5.10 Å². The van der Waals surface area contributed by atoms with Gasteiger partial charge in [0.1, 0.15) is 17.1 Å². The molecule has 1 N–H and O–H groups in total. The summed E-state index contributed by atoms with van der Waals surface area (Å²) < 4.78 is 5.06. The van der Waals surface area contributed by atoms with Gasteiger partial charge in [-0.1, -0.05) is 44.2 Å². The van der Waals surface area contributed by atoms with Crippen LogP contribution in [0.25, 0.3) is 11.0 Å². The minimum Gasteiger partial charge on any atom is -0.450 e. The van der Waals surface area contributed by atoms with E-state index in [1.54, 1.807) is 18.2 Å². The smallest absolute Gasteiger partial charge is 0.407 e. The van der Waals surface area contributed by atoms with Gasteiger partial charge in [-0.25, -0.2) is 9.59 Å². The summed E-state index contributed by atoms with van der Waals surface area (Å²) in [5.41, 5.74) is 1.19. The molecule has 8 nitrogen and oxygen atoms in total. The molecule has 0 aliphatic heterocycles. The molecule has 1 heterocycles. The monoisotopic (exact) mass is 348 g/mol. The molecule has 0 aliphatic carbocycles. The van der Waals surface area contributed by atoms with Crippen LogP contribution in [-0.4, -0.2) is 39.9 Å². The highest BCUT2D eigenvalue weighted by Crippen LogP contribution is 2.10. The first-order valence-electron chi connectivity index (χ1n) is 8.47. The number of alkyl carbamates (subject to hydrolysis) is 1. The molecule has 1 atom stereocenters. The number of ether oxygens (including phenoxy) is 1. The summed E-state index contributed by atoms with van der Waals surface area (Å²) >= 11 is 0. The Labute approximate surface area is 146 Å². The van der Waals surface area contributed by atoms with Gasteiger partial charge in [-0.3, -0.25) is 0 Å². The van der Waals surface area contributed by atoms with E-state index in [0.29, 0.717) is 24.1 Å². The standard InChI is InChI=1S/C17H24N4O4/c1-4-5-10-24-17(23)18-14(11-12(2)3)16(22)25-21-15-9-7-6-8-13(15)19-20-21/h6-9,12,14H,4-5,10-11H2,1-3H3,(H,18,23)/t14-/m0/s1. The number of benzene rings is 1. The molecule has 0 fully saturated rings. The van der Waals surface area contributed by atoms with Crippen LogP contribution in [0.1, 0.15) is 40.0 Å². The lowest BCUT2D eigenvalue weighted by Crippen LogP contribution is -2.46. The van der Waals surface area contributed by atoms with Crippen LogP contribution in [0.3, 0.4) is 0 Å². The van der Waals surface area contributed by atoms with E-state index < -0.39 is 18.1 Å². The predicted molar refractivity (Wildman–Crippen MR) is 91.7 cm³/mol. The molecule has 1 aromatic carbocycles. The zero-order valence-electron chi connectivity index (χ0n) is 14.8. The highest BCUT2D eigenvalue weighted by atomic mass is 16.7. The van der Waals surface area contributed by atoms with Crippen molar-refractivity contribution in [3.63, 3.8) is 0 Å². The van der Waals surface area contributed by atoms with Gasteiger partial charge in [0.15, 0.2) is 0 Å². The van der Waals surface area contributed by atoms with Crippen molar-refractivity contribution >= 4 is 23.1 Å². The summed E-state index contributed by atoms with van der Waals surface area (Å²) in [6.07, 6.45) is 1.50. The molecule has 1 aromatic heterocycles. The van der Waals surface area contributed by atoms with Crippen LogP contribution in [-0.2, 0) is 9.53 Å². The molecule has 2 aromatic rings. The third kappa shape index (κ3) is 5.44. The highest BCUT2D eigenvalue weighted by molar-refractivity contribution is 5.82. The molecule has 0 bridgehead atoms. The van der Waals surface area contributed by atoms with Gasteiger partial charge in [0.05, 0.1) is 6.61 Å². The van der Waals surface area contributed by atoms with Gasteiger partial charge in [-0.05, 0) is 36.1 Å². The van der Waals surface area contributed by atoms with Crippen LogP contribution in [0.4, 0.5) is 4.79 Å². The van der Waals surface area contributed by atoms with E-state index >= 15 is 0 Å². The maximum absolute atomic E-state index is 12.5. The van der Waals surface area contributed by atoms with Crippen LogP contribution in [0.15, 0.2) is 24.3 Å². The largest absolute Gasteiger partial charge is 0.450 e. The normalized spacial score (nSPS) is 12.2. The first-order chi connectivity index (χ1) is 12.0. The molecule has 0 unspecified atom stereocenters. The number of unbranched alkanes of at least 4 members (excludes halogenated alkanes) is 1. The molecule has 0 aliphatic rings. The van der Waals surface area contributed by atoms with Crippen molar-refractivity contribution in [2.45, 2.75) is 46.1 Å². The lowest BCUT2D eigenvalue weighted by atomic mass is 10.0. The van der Waals surface area contributed by atoms with E-state index in [0.717, 1.165) is 17.7 Å². The SMILES string of the molecule is CCCCOC(=O)N[C@@H](CC(C)C)C(=O)On1nnc2ccccc21. The fourth-order valence-corrected chi connectivity index (χ4v) is 2.24. The van der Waals surface area contributed by atoms with Crippen LogP contribution in [0.2, 0.25) is 0 Å². The molecular weight excluding hydrogens is 324 g/mol. The van der Waals surface area contributed by atoms with E-state index in [4.69, 9.17) is 9.57 Å². The lowest BCUT2D eigenvalue weighted by Gasteiger charge is -2.18. The number of hydrogen-bond donors (Lipinski definition) is 1. The summed E-state index contributed by atoms with van der Waals surface area (Å²) in [6.45, 7) is 6.23. The average molecular weight is 348 g/mol. The predicted octanol–water partition coefficient (Wildman–Crippen LogP) is 2.33. The van der Waals surface area contributed by atoms with Crippen molar-refractivity contribution in [3.05, 3.63) is 24.3 Å². The average Bonchev–Trinajstić information content (AvgIpc) is 2.97. The van der Waals surface area contributed by atoms with E-state index in [-0.39, 0.29) is 5.92 Å². The number of carbonyl (C=O) groups is 2. The number of aromatic nitrogens is 3. The van der Waals surface area contributed by atoms with Crippen LogP contribution < -0.4 is 10.2 Å². The number of rotatable bonds is 8. The first-order valence-corrected chi connectivity index (χ1v) is 8.47. The number of amides is 1. The fraction of sp³-hybridized carbons (Fsp3) is 0.529. The second-order valence-electron chi connectivity index (χ2n) is 6.18. The zero-order valence-corrected chi connectivity index (χ0v) is 14.8. The quantitative estimate of drug-likeness (QED) is 0.581. The van der Waals surface area contributed by atoms with E-state index in [2.05, 4.69) is 15.6 Å². The molecule has 25 heavy (non-hydrogen) atoms. The third-order valence-electron chi connectivity index (χ3n) is 3.51. The van der Waals surface area contributed by atoms with Gasteiger partial charge in [0.25, 0.3) is 0 Å². The summed E-state index contributed by atoms with van der Waals surface area (Å²) in [7, 11) is 0. The third-order valence-corrected chi connectivity index (χ3v) is 3.51. The lowest BCUT2D eigenvalue weighted by molar-refractivity contribution is -0.148. The van der Waals surface area contributed by atoms with Crippen LogP contribution in [0, 0.1) is 5.92 Å². The number of hydrogen-bond acceptors (Lipinski definition) is 6. The minimum atomic E-state index is -0.822. The molecule has 0 saturated heterocycles. The summed E-state index contributed by atoms with van der Waals surface area (Å²) in [6, 6.07) is 6.30. The van der Waals surface area contributed by atoms with Crippen molar-refractivity contribution in [1.82, 2.24) is 20.5 Å². The Kier molecular flexibility index (Phi) is 6.73. The number of nitrogens with one attached hydrogen (secondary N) is 1. The Balaban J connectivity index is 2.03. The Bertz CT molecular complexity index is 713. The maximum Gasteiger partial charge on any atom is 0.407 e. The second-order valence-corrected chi connectivity index (χ2v) is 6.18. The summed E-state index contributed by atoms with van der Waals surface area (Å²) in [5, 5.41) is 10.3. The molecule has 8 heteroatoms. The number of fused-ring (bicyclic) bond motifs is 1. The minimum absolute atomic E-state index is 0.181. The zero-order chi connectivity index (χ0) is 18.2. The summed E-state index contributed by atoms with van der Waals surface area (Å²) in [5.74, 6) is -0.433. The molecule has 2 rings (SSSR count). The Morgan fingerprint density at radius 1 is 1.28 bits per heavy atom. The van der Waals surface area contributed by atoms with Gasteiger partial charge in [-0.2, -0.15) is 0 Å². The molecule has 0 radical (unpaired) electrons. The van der Waals surface area contributed by atoms with Crippen molar-refractivity contribution in [1.29, 1.82) is 0 Å². The molecular formula is C17H24N4O4. The van der Waals surface area contributed by atoms with E-state index in [1.165, 1.54) is 0 Å². The number of nitrogens with zero attached hydrogens (tertiary/aromatic N) is 3. The molecule has 1 amide bonds. The number of carbonyl (C=O) groups excluding carboxylic acids is 2. The Hall–Kier alpha value is -2.64. The van der Waals surface area contributed by atoms with Crippen LogP contribution in [0.5, 0.6) is 0 Å². The molecule has 0 spiro atoms. The molecule has 136 valence electrons. The highest BCUT2D eigenvalue weighted by Gasteiger charge is 2.26. The molecule has 0 saturated carbocycles. The van der Waals surface area contributed by atoms with Crippen molar-refractivity contribution in [2.75, 3.05) is 6.61 Å². The van der Waals surface area contributed by atoms with Gasteiger partial charge >= 0.3 is 12.1 Å². The van der Waals surface area contributed by atoms with Crippen molar-refractivity contribution < 1.29 is 19.2 Å². The Morgan fingerprint density at radius 2 is 2.04 bits per heavy atom.